The van der Waals surface area contributed by atoms with Crippen molar-refractivity contribution in [3.05, 3.63) is 35.9 Å². The van der Waals surface area contributed by atoms with Crippen LogP contribution in [0.25, 0.3) is 0 Å². The highest BCUT2D eigenvalue weighted by Crippen LogP contribution is 2.32. The van der Waals surface area contributed by atoms with Crippen LogP contribution in [0.3, 0.4) is 0 Å². The van der Waals surface area contributed by atoms with Gasteiger partial charge in [0.05, 0.1) is 0 Å². The highest BCUT2D eigenvalue weighted by molar-refractivity contribution is 5.88. The van der Waals surface area contributed by atoms with E-state index in [2.05, 4.69) is 41.0 Å². The summed E-state index contributed by atoms with van der Waals surface area (Å²) in [5.41, 5.74) is 1.40. The Hall–Kier alpha value is -1.84. The second kappa shape index (κ2) is 9.75. The molecule has 2 amide bonds. The van der Waals surface area contributed by atoms with E-state index in [4.69, 9.17) is 0 Å². The zero-order valence-corrected chi connectivity index (χ0v) is 16.6. The van der Waals surface area contributed by atoms with Gasteiger partial charge in [-0.1, -0.05) is 58.0 Å². The Morgan fingerprint density at radius 2 is 1.62 bits per heavy atom. The second-order valence-electron chi connectivity index (χ2n) is 8.35. The molecule has 0 spiro atoms. The van der Waals surface area contributed by atoms with E-state index in [1.165, 1.54) is 5.56 Å². The third-order valence-electron chi connectivity index (χ3n) is 5.20. The van der Waals surface area contributed by atoms with Crippen molar-refractivity contribution in [1.82, 2.24) is 10.6 Å². The number of hydrogen-bond donors (Lipinski definition) is 2. The summed E-state index contributed by atoms with van der Waals surface area (Å²) >= 11 is 0. The Labute approximate surface area is 158 Å². The van der Waals surface area contributed by atoms with E-state index in [1.54, 1.807) is 0 Å². The predicted molar refractivity (Wildman–Crippen MR) is 106 cm³/mol. The molecule has 1 fully saturated rings. The van der Waals surface area contributed by atoms with Gasteiger partial charge in [0.1, 0.15) is 6.04 Å². The molecule has 0 bridgehead atoms. The van der Waals surface area contributed by atoms with Gasteiger partial charge in [0, 0.05) is 12.5 Å². The molecule has 1 aliphatic rings. The van der Waals surface area contributed by atoms with Gasteiger partial charge in [-0.3, -0.25) is 9.59 Å². The van der Waals surface area contributed by atoms with Crippen molar-refractivity contribution in [2.75, 3.05) is 0 Å². The molecule has 0 saturated heterocycles. The standard InChI is InChI=1S/C22H34N2O2/c1-15(2)14-20(25)24-21(16(3)4)22(26)23-19-12-10-18(11-13-19)17-8-6-5-7-9-17/h5-9,15-16,18-19,21H,10-14H2,1-4H3,(H,23,26)(H,24,25). The van der Waals surface area contributed by atoms with E-state index in [-0.39, 0.29) is 23.8 Å². The van der Waals surface area contributed by atoms with Crippen LogP contribution in [0.4, 0.5) is 0 Å². The molecule has 1 aliphatic carbocycles. The first-order valence-electron chi connectivity index (χ1n) is 10.0. The molecule has 1 aromatic carbocycles. The lowest BCUT2D eigenvalue weighted by atomic mass is 9.81. The van der Waals surface area contributed by atoms with E-state index in [0.717, 1.165) is 25.7 Å². The lowest BCUT2D eigenvalue weighted by Gasteiger charge is -2.31. The van der Waals surface area contributed by atoms with Gasteiger partial charge < -0.3 is 10.6 Å². The molecule has 2 N–H and O–H groups in total. The van der Waals surface area contributed by atoms with Gasteiger partial charge in [-0.15, -0.1) is 0 Å². The summed E-state index contributed by atoms with van der Waals surface area (Å²) in [6, 6.07) is 10.4. The van der Waals surface area contributed by atoms with Gasteiger partial charge in [0.25, 0.3) is 0 Å². The van der Waals surface area contributed by atoms with E-state index in [9.17, 15) is 9.59 Å². The Morgan fingerprint density at radius 3 is 2.15 bits per heavy atom. The van der Waals surface area contributed by atoms with E-state index >= 15 is 0 Å². The van der Waals surface area contributed by atoms with Gasteiger partial charge in [-0.2, -0.15) is 0 Å². The van der Waals surface area contributed by atoms with Crippen molar-refractivity contribution >= 4 is 11.8 Å². The quantitative estimate of drug-likeness (QED) is 0.773. The van der Waals surface area contributed by atoms with Crippen molar-refractivity contribution in [2.24, 2.45) is 11.8 Å². The molecule has 0 aromatic heterocycles. The normalized spacial score (nSPS) is 21.5. The van der Waals surface area contributed by atoms with Crippen LogP contribution in [-0.4, -0.2) is 23.9 Å². The third-order valence-corrected chi connectivity index (χ3v) is 5.20. The molecule has 4 heteroatoms. The first-order valence-corrected chi connectivity index (χ1v) is 10.0. The first kappa shape index (κ1) is 20.5. The average Bonchev–Trinajstić information content (AvgIpc) is 2.60. The van der Waals surface area contributed by atoms with Crippen LogP contribution in [0.1, 0.15) is 71.3 Å². The summed E-state index contributed by atoms with van der Waals surface area (Å²) in [6.45, 7) is 7.98. The number of rotatable bonds is 7. The number of hydrogen-bond acceptors (Lipinski definition) is 2. The van der Waals surface area contributed by atoms with Crippen LogP contribution >= 0.6 is 0 Å². The molecule has 1 aromatic rings. The Morgan fingerprint density at radius 1 is 1.00 bits per heavy atom. The van der Waals surface area contributed by atoms with Gasteiger partial charge in [-0.05, 0) is 49.0 Å². The monoisotopic (exact) mass is 358 g/mol. The Kier molecular flexibility index (Phi) is 7.67. The van der Waals surface area contributed by atoms with Crippen molar-refractivity contribution < 1.29 is 9.59 Å². The number of benzene rings is 1. The summed E-state index contributed by atoms with van der Waals surface area (Å²) in [5.74, 6) is 0.879. The lowest BCUT2D eigenvalue weighted by molar-refractivity contribution is -0.131. The fourth-order valence-corrected chi connectivity index (χ4v) is 3.73. The summed E-state index contributed by atoms with van der Waals surface area (Å²) in [4.78, 5) is 24.8. The maximum absolute atomic E-state index is 12.7. The molecule has 1 saturated carbocycles. The number of amides is 2. The van der Waals surface area contributed by atoms with E-state index in [0.29, 0.717) is 18.3 Å². The lowest BCUT2D eigenvalue weighted by Crippen LogP contribution is -2.52. The zero-order valence-electron chi connectivity index (χ0n) is 16.6. The third kappa shape index (κ3) is 6.15. The molecule has 0 radical (unpaired) electrons. The molecular weight excluding hydrogens is 324 g/mol. The molecule has 26 heavy (non-hydrogen) atoms. The van der Waals surface area contributed by atoms with Crippen LogP contribution in [0, 0.1) is 11.8 Å². The van der Waals surface area contributed by atoms with Crippen LogP contribution in [0.15, 0.2) is 30.3 Å². The van der Waals surface area contributed by atoms with Gasteiger partial charge >= 0.3 is 0 Å². The topological polar surface area (TPSA) is 58.2 Å². The highest BCUT2D eigenvalue weighted by atomic mass is 16.2. The minimum Gasteiger partial charge on any atom is -0.352 e. The Bertz CT molecular complexity index is 575. The predicted octanol–water partition coefficient (Wildman–Crippen LogP) is 4.02. The minimum absolute atomic E-state index is 0.0402. The number of carbonyl (C=O) groups is 2. The summed E-state index contributed by atoms with van der Waals surface area (Å²) in [6.07, 6.45) is 4.65. The summed E-state index contributed by atoms with van der Waals surface area (Å²) in [5, 5.41) is 6.10. The second-order valence-corrected chi connectivity index (χ2v) is 8.35. The Balaban J connectivity index is 1.85. The van der Waals surface area contributed by atoms with E-state index in [1.807, 2.05) is 27.7 Å². The molecule has 0 heterocycles. The van der Waals surface area contributed by atoms with Crippen LogP contribution in [-0.2, 0) is 9.59 Å². The summed E-state index contributed by atoms with van der Waals surface area (Å²) in [7, 11) is 0. The first-order chi connectivity index (χ1) is 12.4. The minimum atomic E-state index is -0.451. The maximum Gasteiger partial charge on any atom is 0.243 e. The molecule has 2 rings (SSSR count). The van der Waals surface area contributed by atoms with Crippen molar-refractivity contribution in [1.29, 1.82) is 0 Å². The van der Waals surface area contributed by atoms with Crippen LogP contribution in [0.2, 0.25) is 0 Å². The number of nitrogens with one attached hydrogen (secondary N) is 2. The average molecular weight is 359 g/mol. The van der Waals surface area contributed by atoms with Crippen molar-refractivity contribution in [2.45, 2.75) is 77.8 Å². The largest absolute Gasteiger partial charge is 0.352 e. The fraction of sp³-hybridized carbons (Fsp3) is 0.636. The summed E-state index contributed by atoms with van der Waals surface area (Å²) < 4.78 is 0. The molecule has 4 nitrogen and oxygen atoms in total. The van der Waals surface area contributed by atoms with Crippen LogP contribution in [0.5, 0.6) is 0 Å². The van der Waals surface area contributed by atoms with Gasteiger partial charge in [0.2, 0.25) is 11.8 Å². The smallest absolute Gasteiger partial charge is 0.243 e. The van der Waals surface area contributed by atoms with Gasteiger partial charge in [-0.25, -0.2) is 0 Å². The maximum atomic E-state index is 12.7. The molecule has 144 valence electrons. The zero-order chi connectivity index (χ0) is 19.1. The highest BCUT2D eigenvalue weighted by Gasteiger charge is 2.28. The molecule has 1 unspecified atom stereocenters. The van der Waals surface area contributed by atoms with Gasteiger partial charge in [0.15, 0.2) is 0 Å². The molecular formula is C22H34N2O2. The molecule has 1 atom stereocenters. The van der Waals surface area contributed by atoms with Crippen molar-refractivity contribution in [3.8, 4) is 0 Å². The van der Waals surface area contributed by atoms with Crippen molar-refractivity contribution in [3.63, 3.8) is 0 Å². The van der Waals surface area contributed by atoms with Crippen LogP contribution < -0.4 is 10.6 Å². The number of carbonyl (C=O) groups excluding carboxylic acids is 2. The molecule has 0 aliphatic heterocycles. The fourth-order valence-electron chi connectivity index (χ4n) is 3.73. The SMILES string of the molecule is CC(C)CC(=O)NC(C(=O)NC1CCC(c2ccccc2)CC1)C(C)C. The van der Waals surface area contributed by atoms with E-state index < -0.39 is 6.04 Å².